The average Bonchev–Trinajstić information content (AvgIpc) is 2.44. The van der Waals surface area contributed by atoms with Crippen molar-refractivity contribution >= 4 is 11.7 Å². The van der Waals surface area contributed by atoms with Crippen LogP contribution in [0.3, 0.4) is 0 Å². The minimum Gasteiger partial charge on any atom is -1.00 e. The lowest BCUT2D eigenvalue weighted by molar-refractivity contribution is -0.663. The van der Waals surface area contributed by atoms with Crippen LogP contribution in [0.25, 0.3) is 0 Å². The minimum absolute atomic E-state index is 0. The molecule has 2 aromatic rings. The Morgan fingerprint density at radius 3 is 2.33 bits per heavy atom. The van der Waals surface area contributed by atoms with E-state index in [1.54, 1.807) is 31.4 Å². The number of hydrogen-bond donors (Lipinski definition) is 1. The molecule has 0 atom stereocenters. The summed E-state index contributed by atoms with van der Waals surface area (Å²) >= 11 is 0. The van der Waals surface area contributed by atoms with Gasteiger partial charge in [0.15, 0.2) is 0 Å². The summed E-state index contributed by atoms with van der Waals surface area (Å²) in [5.41, 5.74) is 2.81. The van der Waals surface area contributed by atoms with Crippen LogP contribution in [0.1, 0.15) is 21.6 Å². The van der Waals surface area contributed by atoms with Gasteiger partial charge in [-0.25, -0.2) is 14.7 Å². The van der Waals surface area contributed by atoms with Gasteiger partial charge >= 0.3 is 5.91 Å². The van der Waals surface area contributed by atoms with E-state index in [0.29, 0.717) is 5.56 Å². The van der Waals surface area contributed by atoms with Crippen LogP contribution in [0.2, 0.25) is 0 Å². The fraction of sp³-hybridized carbons (Fsp3) is 0.250. The highest BCUT2D eigenvalue weighted by Crippen LogP contribution is 2.13. The first-order chi connectivity index (χ1) is 9.51. The highest BCUT2D eigenvalue weighted by Gasteiger charge is 2.16. The first-order valence-electron chi connectivity index (χ1n) is 6.44. The number of carbonyl (C=O) groups is 1. The molecular formula is C16H19IN2O2. The second kappa shape index (κ2) is 7.40. The van der Waals surface area contributed by atoms with Crippen LogP contribution in [0.5, 0.6) is 5.75 Å². The van der Waals surface area contributed by atoms with Crippen molar-refractivity contribution in [3.8, 4) is 5.75 Å². The summed E-state index contributed by atoms with van der Waals surface area (Å²) < 4.78 is 7.03. The summed E-state index contributed by atoms with van der Waals surface area (Å²) in [6.45, 7) is 4.02. The molecule has 2 rings (SSSR count). The first-order valence-corrected chi connectivity index (χ1v) is 6.44. The van der Waals surface area contributed by atoms with Gasteiger partial charge in [-0.1, -0.05) is 0 Å². The maximum atomic E-state index is 12.2. The Balaban J connectivity index is 0.00000220. The van der Waals surface area contributed by atoms with Gasteiger partial charge in [0.2, 0.25) is 0 Å². The second-order valence-corrected chi connectivity index (χ2v) is 4.80. The van der Waals surface area contributed by atoms with E-state index >= 15 is 0 Å². The maximum Gasteiger partial charge on any atom is 0.339 e. The number of benzene rings is 1. The van der Waals surface area contributed by atoms with E-state index < -0.39 is 0 Å². The molecule has 1 amide bonds. The van der Waals surface area contributed by atoms with Crippen LogP contribution in [0, 0.1) is 13.8 Å². The van der Waals surface area contributed by atoms with Crippen LogP contribution in [0.15, 0.2) is 36.4 Å². The molecule has 0 aliphatic carbocycles. The van der Waals surface area contributed by atoms with Crippen LogP contribution >= 0.6 is 0 Å². The highest BCUT2D eigenvalue weighted by molar-refractivity contribution is 6.03. The summed E-state index contributed by atoms with van der Waals surface area (Å²) in [5.74, 6) is 1.38. The first kappa shape index (κ1) is 17.4. The predicted octanol–water partition coefficient (Wildman–Crippen LogP) is -0.607. The molecule has 112 valence electrons. The van der Waals surface area contributed by atoms with Gasteiger partial charge in [0, 0.05) is 6.07 Å². The number of aryl methyl sites for hydroxylation is 2. The number of nitrogens with one attached hydrogen (secondary N) is 1. The zero-order chi connectivity index (χ0) is 14.7. The molecule has 0 bridgehead atoms. The lowest BCUT2D eigenvalue weighted by Gasteiger charge is -2.06. The zero-order valence-corrected chi connectivity index (χ0v) is 14.8. The Morgan fingerprint density at radius 1 is 1.14 bits per heavy atom. The van der Waals surface area contributed by atoms with Crippen molar-refractivity contribution in [3.63, 3.8) is 0 Å². The number of amides is 1. The molecule has 1 aromatic carbocycles. The molecule has 4 nitrogen and oxygen atoms in total. The smallest absolute Gasteiger partial charge is 0.339 e. The van der Waals surface area contributed by atoms with Gasteiger partial charge in [-0.2, -0.15) is 0 Å². The van der Waals surface area contributed by atoms with Gasteiger partial charge < -0.3 is 28.7 Å². The Hall–Kier alpha value is -1.63. The molecule has 0 spiro atoms. The third kappa shape index (κ3) is 4.17. The van der Waals surface area contributed by atoms with Crippen molar-refractivity contribution < 1.29 is 38.1 Å². The van der Waals surface area contributed by atoms with E-state index in [2.05, 4.69) is 11.4 Å². The zero-order valence-electron chi connectivity index (χ0n) is 12.6. The van der Waals surface area contributed by atoms with Crippen molar-refractivity contribution in [2.24, 2.45) is 7.05 Å². The van der Waals surface area contributed by atoms with Gasteiger partial charge in [-0.15, -0.1) is 0 Å². The molecule has 1 aromatic heterocycles. The summed E-state index contributed by atoms with van der Waals surface area (Å²) in [6.07, 6.45) is 0. The molecule has 0 aliphatic rings. The van der Waals surface area contributed by atoms with E-state index in [-0.39, 0.29) is 29.9 Å². The quantitative estimate of drug-likeness (QED) is 0.554. The molecule has 0 aliphatic heterocycles. The standard InChI is InChI=1S/C16H18N2O2.HI/c1-11-9-12(2)18(3)15(10-11)17-16(19)13-5-7-14(20-4)8-6-13;/h5-10H,1-4H3;1H. The number of pyridine rings is 1. The predicted molar refractivity (Wildman–Crippen MR) is 78.0 cm³/mol. The Morgan fingerprint density at radius 2 is 1.76 bits per heavy atom. The number of methoxy groups -OCH3 is 1. The molecule has 0 unspecified atom stereocenters. The number of hydrogen-bond acceptors (Lipinski definition) is 2. The largest absolute Gasteiger partial charge is 1.00 e. The number of nitrogens with zero attached hydrogens (tertiary/aromatic N) is 1. The van der Waals surface area contributed by atoms with Crippen LogP contribution in [-0.2, 0) is 7.05 Å². The van der Waals surface area contributed by atoms with Crippen molar-refractivity contribution in [2.75, 3.05) is 12.4 Å². The Bertz CT molecular complexity index is 639. The van der Waals surface area contributed by atoms with E-state index in [1.165, 1.54) is 0 Å². The maximum absolute atomic E-state index is 12.2. The van der Waals surface area contributed by atoms with Crippen molar-refractivity contribution in [3.05, 3.63) is 53.2 Å². The van der Waals surface area contributed by atoms with Crippen molar-refractivity contribution in [2.45, 2.75) is 13.8 Å². The van der Waals surface area contributed by atoms with Crippen molar-refractivity contribution in [1.29, 1.82) is 0 Å². The van der Waals surface area contributed by atoms with Crippen LogP contribution < -0.4 is 38.6 Å². The lowest BCUT2D eigenvalue weighted by atomic mass is 10.2. The molecule has 5 heteroatoms. The molecule has 0 fully saturated rings. The second-order valence-electron chi connectivity index (χ2n) is 4.80. The Kier molecular flexibility index (Phi) is 6.14. The molecule has 0 radical (unpaired) electrons. The van der Waals surface area contributed by atoms with Gasteiger partial charge in [0.1, 0.15) is 11.4 Å². The van der Waals surface area contributed by atoms with Crippen molar-refractivity contribution in [1.82, 2.24) is 0 Å². The highest BCUT2D eigenvalue weighted by atomic mass is 127. The topological polar surface area (TPSA) is 42.2 Å². The fourth-order valence-electron chi connectivity index (χ4n) is 2.02. The molecule has 0 saturated heterocycles. The summed E-state index contributed by atoms with van der Waals surface area (Å²) in [7, 11) is 3.53. The number of carbonyl (C=O) groups excluding carboxylic acids is 1. The third-order valence-electron chi connectivity index (χ3n) is 3.29. The molecular weight excluding hydrogens is 379 g/mol. The van der Waals surface area contributed by atoms with Gasteiger partial charge in [0.05, 0.1) is 19.7 Å². The Labute approximate surface area is 142 Å². The SMILES string of the molecule is COc1ccc(C(=O)Nc2cc(C)cc(C)[n+]2C)cc1.[I-]. The fourth-order valence-corrected chi connectivity index (χ4v) is 2.02. The van der Waals surface area contributed by atoms with Gasteiger partial charge in [0.25, 0.3) is 5.82 Å². The lowest BCUT2D eigenvalue weighted by Crippen LogP contribution is -3.00. The molecule has 21 heavy (non-hydrogen) atoms. The number of anilines is 1. The summed E-state index contributed by atoms with van der Waals surface area (Å²) in [5, 5.41) is 2.93. The van der Waals surface area contributed by atoms with E-state index in [0.717, 1.165) is 22.8 Å². The number of aromatic nitrogens is 1. The van der Waals surface area contributed by atoms with Crippen LogP contribution in [-0.4, -0.2) is 13.0 Å². The number of rotatable bonds is 3. The van der Waals surface area contributed by atoms with Gasteiger partial charge in [-0.3, -0.25) is 0 Å². The van der Waals surface area contributed by atoms with E-state index in [1.807, 2.05) is 31.5 Å². The molecule has 1 heterocycles. The normalized spacial score (nSPS) is 9.71. The minimum atomic E-state index is -0.131. The molecule has 1 N–H and O–H groups in total. The van der Waals surface area contributed by atoms with E-state index in [4.69, 9.17) is 4.74 Å². The molecule has 0 saturated carbocycles. The third-order valence-corrected chi connectivity index (χ3v) is 3.29. The number of ether oxygens (including phenoxy) is 1. The van der Waals surface area contributed by atoms with E-state index in [9.17, 15) is 4.79 Å². The monoisotopic (exact) mass is 398 g/mol. The van der Waals surface area contributed by atoms with Crippen LogP contribution in [0.4, 0.5) is 5.82 Å². The summed E-state index contributed by atoms with van der Waals surface area (Å²) in [4.78, 5) is 12.2. The average molecular weight is 398 g/mol. The summed E-state index contributed by atoms with van der Waals surface area (Å²) in [6, 6.07) is 11.1. The van der Waals surface area contributed by atoms with Gasteiger partial charge in [-0.05, 0) is 49.7 Å². The number of halogens is 1.